The summed E-state index contributed by atoms with van der Waals surface area (Å²) >= 11 is 0. The van der Waals surface area contributed by atoms with Gasteiger partial charge in [0.05, 0.1) is 34.0 Å². The number of hydrogen-bond acceptors (Lipinski definition) is 3. The molecule has 0 saturated heterocycles. The Bertz CT molecular complexity index is 2790. The van der Waals surface area contributed by atoms with Crippen LogP contribution in [0, 0.1) is 0 Å². The lowest BCUT2D eigenvalue weighted by atomic mass is 10.1. The van der Waals surface area contributed by atoms with E-state index in [1.165, 1.54) is 27.2 Å². The van der Waals surface area contributed by atoms with Gasteiger partial charge in [-0.25, -0.2) is 9.67 Å². The van der Waals surface area contributed by atoms with E-state index < -0.39 is 0 Å². The van der Waals surface area contributed by atoms with Gasteiger partial charge in [0.25, 0.3) is 0 Å². The molecule has 0 fully saturated rings. The van der Waals surface area contributed by atoms with Crippen molar-refractivity contribution < 1.29 is 4.74 Å². The van der Waals surface area contributed by atoms with Crippen molar-refractivity contribution in [3.05, 3.63) is 176 Å². The molecular weight excluding hydrogens is 615 g/mol. The molecule has 0 atom stereocenters. The van der Waals surface area contributed by atoms with Crippen molar-refractivity contribution in [1.82, 2.24) is 23.9 Å². The van der Waals surface area contributed by atoms with E-state index in [0.717, 1.165) is 56.2 Å². The molecule has 6 aromatic carbocycles. The second kappa shape index (κ2) is 11.4. The van der Waals surface area contributed by atoms with Crippen molar-refractivity contribution in [2.75, 3.05) is 0 Å². The molecule has 4 heterocycles. The first-order valence-corrected chi connectivity index (χ1v) is 16.7. The number of benzene rings is 6. The Morgan fingerprint density at radius 1 is 0.440 bits per heavy atom. The van der Waals surface area contributed by atoms with Gasteiger partial charge in [-0.2, -0.15) is 5.10 Å². The molecular formula is C44H29N5O. The first-order valence-electron chi connectivity index (χ1n) is 16.7. The van der Waals surface area contributed by atoms with E-state index in [2.05, 4.69) is 130 Å². The first-order chi connectivity index (χ1) is 24.8. The number of aromatic nitrogens is 5. The number of nitrogens with zero attached hydrogens (tertiary/aromatic N) is 5. The molecule has 10 aromatic rings. The van der Waals surface area contributed by atoms with Gasteiger partial charge in [0.15, 0.2) is 0 Å². The predicted molar refractivity (Wildman–Crippen MR) is 202 cm³/mol. The van der Waals surface area contributed by atoms with Gasteiger partial charge in [0.2, 0.25) is 0 Å². The lowest BCUT2D eigenvalue weighted by molar-refractivity contribution is 0.483. The van der Waals surface area contributed by atoms with Crippen LogP contribution in [0.1, 0.15) is 0 Å². The average Bonchev–Trinajstić information content (AvgIpc) is 3.89. The highest BCUT2D eigenvalue weighted by molar-refractivity contribution is 6.10. The number of pyridine rings is 1. The molecule has 4 aromatic heterocycles. The molecule has 50 heavy (non-hydrogen) atoms. The second-order valence-corrected chi connectivity index (χ2v) is 12.4. The zero-order valence-corrected chi connectivity index (χ0v) is 26.9. The summed E-state index contributed by atoms with van der Waals surface area (Å²) in [6.45, 7) is 0. The smallest absolute Gasteiger partial charge is 0.137 e. The summed E-state index contributed by atoms with van der Waals surface area (Å²) in [5, 5.41) is 9.57. The molecule has 0 amide bonds. The monoisotopic (exact) mass is 643 g/mol. The summed E-state index contributed by atoms with van der Waals surface area (Å²) in [6.07, 6.45) is 5.80. The Labute approximate surface area is 287 Å². The quantitative estimate of drug-likeness (QED) is 0.181. The molecule has 6 heteroatoms. The van der Waals surface area contributed by atoms with Crippen LogP contribution in [0.15, 0.2) is 176 Å². The molecule has 0 unspecified atom stereocenters. The number of fused-ring (bicyclic) bond motifs is 6. The third-order valence-corrected chi connectivity index (χ3v) is 9.46. The topological polar surface area (TPSA) is 49.8 Å². The molecule has 0 saturated carbocycles. The molecule has 0 aliphatic heterocycles. The van der Waals surface area contributed by atoms with Gasteiger partial charge in [-0.3, -0.25) is 4.57 Å². The third kappa shape index (κ3) is 4.58. The fourth-order valence-electron chi connectivity index (χ4n) is 7.19. The predicted octanol–water partition coefficient (Wildman–Crippen LogP) is 10.9. The van der Waals surface area contributed by atoms with Crippen LogP contribution in [0.4, 0.5) is 0 Å². The fraction of sp³-hybridized carbons (Fsp3) is 0. The summed E-state index contributed by atoms with van der Waals surface area (Å²) in [5.41, 5.74) is 8.73. The lowest BCUT2D eigenvalue weighted by Gasteiger charge is -2.10. The summed E-state index contributed by atoms with van der Waals surface area (Å²) in [5.74, 6) is 2.35. The van der Waals surface area contributed by atoms with E-state index in [-0.39, 0.29) is 0 Å². The van der Waals surface area contributed by atoms with E-state index in [0.29, 0.717) is 0 Å². The highest BCUT2D eigenvalue weighted by Crippen LogP contribution is 2.36. The van der Waals surface area contributed by atoms with Crippen LogP contribution in [-0.2, 0) is 0 Å². The maximum Gasteiger partial charge on any atom is 0.137 e. The number of ether oxygens (including phenoxy) is 1. The number of rotatable bonds is 6. The van der Waals surface area contributed by atoms with Crippen molar-refractivity contribution >= 4 is 43.6 Å². The molecule has 0 bridgehead atoms. The van der Waals surface area contributed by atoms with Crippen molar-refractivity contribution in [2.24, 2.45) is 0 Å². The molecule has 0 N–H and O–H groups in total. The molecule has 0 spiro atoms. The van der Waals surface area contributed by atoms with Crippen LogP contribution in [-0.4, -0.2) is 23.9 Å². The number of para-hydroxylation sites is 3. The average molecular weight is 644 g/mol. The van der Waals surface area contributed by atoms with E-state index in [1.54, 1.807) is 0 Å². The highest BCUT2D eigenvalue weighted by Gasteiger charge is 2.15. The Morgan fingerprint density at radius 2 is 1.08 bits per heavy atom. The second-order valence-electron chi connectivity index (χ2n) is 12.4. The summed E-state index contributed by atoms with van der Waals surface area (Å²) in [6, 6.07) is 54.5. The molecule has 0 radical (unpaired) electrons. The molecule has 10 rings (SSSR count). The van der Waals surface area contributed by atoms with Gasteiger partial charge in [-0.05, 0) is 72.3 Å². The Kier molecular flexibility index (Phi) is 6.39. The highest BCUT2D eigenvalue weighted by atomic mass is 16.5. The Balaban J connectivity index is 0.946. The van der Waals surface area contributed by atoms with Crippen molar-refractivity contribution in [3.8, 4) is 39.8 Å². The maximum absolute atomic E-state index is 6.46. The minimum absolute atomic E-state index is 0.731. The summed E-state index contributed by atoms with van der Waals surface area (Å²) < 4.78 is 12.9. The number of hydrogen-bond donors (Lipinski definition) is 0. The van der Waals surface area contributed by atoms with Gasteiger partial charge in [-0.15, -0.1) is 0 Å². The standard InChI is InChI=1S/C44H29N5O/c1-4-15-40-36(12-1)37-13-2-5-16-41(37)48(40)32-21-19-30(20-22-32)31-28-46-47(29-31)33-10-9-11-34(26-33)50-35-23-24-39-38-14-3-6-17-42(38)49(43(39)27-35)44-18-7-8-25-45-44/h1-29H. The zero-order chi connectivity index (χ0) is 33.0. The largest absolute Gasteiger partial charge is 0.457 e. The van der Waals surface area contributed by atoms with Gasteiger partial charge >= 0.3 is 0 Å². The zero-order valence-electron chi connectivity index (χ0n) is 26.9. The molecule has 0 aliphatic carbocycles. The van der Waals surface area contributed by atoms with E-state index in [4.69, 9.17) is 9.84 Å². The van der Waals surface area contributed by atoms with Crippen LogP contribution in [0.25, 0.3) is 71.9 Å². The van der Waals surface area contributed by atoms with Gasteiger partial charge in [0.1, 0.15) is 17.3 Å². The van der Waals surface area contributed by atoms with E-state index in [1.807, 2.05) is 65.6 Å². The SMILES string of the molecule is c1ccc(-n2c3ccccc3c3ccc(Oc4cccc(-n5cc(-c6ccc(-n7c8ccccc8c8ccccc87)cc6)cn5)c4)cc32)nc1. The lowest BCUT2D eigenvalue weighted by Crippen LogP contribution is -1.97. The van der Waals surface area contributed by atoms with Crippen molar-refractivity contribution in [3.63, 3.8) is 0 Å². The van der Waals surface area contributed by atoms with Crippen molar-refractivity contribution in [1.29, 1.82) is 0 Å². The van der Waals surface area contributed by atoms with Gasteiger partial charge < -0.3 is 9.30 Å². The maximum atomic E-state index is 6.46. The van der Waals surface area contributed by atoms with Crippen LogP contribution >= 0.6 is 0 Å². The van der Waals surface area contributed by atoms with Crippen LogP contribution < -0.4 is 4.74 Å². The minimum Gasteiger partial charge on any atom is -0.457 e. The summed E-state index contributed by atoms with van der Waals surface area (Å²) in [7, 11) is 0. The van der Waals surface area contributed by atoms with Gasteiger partial charge in [-0.1, -0.05) is 78.9 Å². The Hall–Kier alpha value is -6.92. The summed E-state index contributed by atoms with van der Waals surface area (Å²) in [4.78, 5) is 4.65. The van der Waals surface area contributed by atoms with E-state index in [9.17, 15) is 0 Å². The van der Waals surface area contributed by atoms with Crippen molar-refractivity contribution in [2.45, 2.75) is 0 Å². The molecule has 6 nitrogen and oxygen atoms in total. The van der Waals surface area contributed by atoms with Gasteiger partial charge in [0, 0.05) is 57.3 Å². The van der Waals surface area contributed by atoms with Crippen LogP contribution in [0.5, 0.6) is 11.5 Å². The molecule has 236 valence electrons. The Morgan fingerprint density at radius 3 is 1.78 bits per heavy atom. The first kappa shape index (κ1) is 28.1. The minimum atomic E-state index is 0.731. The van der Waals surface area contributed by atoms with E-state index >= 15 is 0 Å². The third-order valence-electron chi connectivity index (χ3n) is 9.46. The van der Waals surface area contributed by atoms with Crippen LogP contribution in [0.2, 0.25) is 0 Å². The fourth-order valence-corrected chi connectivity index (χ4v) is 7.19. The van der Waals surface area contributed by atoms with Crippen LogP contribution in [0.3, 0.4) is 0 Å². The molecule has 0 aliphatic rings. The normalized spacial score (nSPS) is 11.6.